The third-order valence-electron chi connectivity index (χ3n) is 9.10. The SMILES string of the molecule is Cc1c(OCCCN2CCC3(CCOC3)C2)cccc1-c1cccc(-c2nc3c(s2)CCN(C(=O)OC(C)(C)C)C3)c1C. The molecule has 6 rings (SSSR count). The van der Waals surface area contributed by atoms with Gasteiger partial charge in [0.05, 0.1) is 25.5 Å². The first-order chi connectivity index (χ1) is 20.6. The molecule has 1 unspecified atom stereocenters. The van der Waals surface area contributed by atoms with Gasteiger partial charge in [0.1, 0.15) is 16.4 Å². The maximum atomic E-state index is 12.7. The fourth-order valence-electron chi connectivity index (χ4n) is 6.68. The van der Waals surface area contributed by atoms with Crippen molar-refractivity contribution in [1.29, 1.82) is 0 Å². The van der Waals surface area contributed by atoms with E-state index in [0.717, 1.165) is 60.2 Å². The zero-order chi connectivity index (χ0) is 30.2. The first kappa shape index (κ1) is 30.1. The molecule has 0 N–H and O–H groups in total. The molecule has 1 spiro atoms. The van der Waals surface area contributed by atoms with E-state index in [-0.39, 0.29) is 6.09 Å². The number of carbonyl (C=O) groups is 1. The summed E-state index contributed by atoms with van der Waals surface area (Å²) in [6.07, 6.45) is 4.03. The molecule has 1 amide bonds. The number of hydrogen-bond acceptors (Lipinski definition) is 7. The van der Waals surface area contributed by atoms with Crippen LogP contribution in [0.15, 0.2) is 36.4 Å². The van der Waals surface area contributed by atoms with Crippen LogP contribution in [0.25, 0.3) is 21.7 Å². The van der Waals surface area contributed by atoms with Crippen molar-refractivity contribution in [3.05, 3.63) is 58.1 Å². The Morgan fingerprint density at radius 3 is 2.58 bits per heavy atom. The Bertz CT molecular complexity index is 1470. The highest BCUT2D eigenvalue weighted by Crippen LogP contribution is 2.40. The summed E-state index contributed by atoms with van der Waals surface area (Å²) in [5.74, 6) is 0.955. The van der Waals surface area contributed by atoms with Crippen molar-refractivity contribution in [2.75, 3.05) is 46.0 Å². The quantitative estimate of drug-likeness (QED) is 0.265. The first-order valence-electron chi connectivity index (χ1n) is 15.7. The van der Waals surface area contributed by atoms with Crippen molar-refractivity contribution < 1.29 is 19.0 Å². The second kappa shape index (κ2) is 12.2. The van der Waals surface area contributed by atoms with Gasteiger partial charge in [-0.3, -0.25) is 0 Å². The van der Waals surface area contributed by atoms with Crippen LogP contribution in [0.4, 0.5) is 4.79 Å². The predicted octanol–water partition coefficient (Wildman–Crippen LogP) is 7.27. The first-order valence-corrected chi connectivity index (χ1v) is 16.5. The molecule has 2 saturated heterocycles. The number of amides is 1. The molecule has 2 aromatic carbocycles. The fraction of sp³-hybridized carbons (Fsp3) is 0.543. The van der Waals surface area contributed by atoms with Gasteiger partial charge in [-0.15, -0.1) is 11.3 Å². The number of nitrogens with zero attached hydrogens (tertiary/aromatic N) is 3. The van der Waals surface area contributed by atoms with Crippen LogP contribution < -0.4 is 4.74 Å². The highest BCUT2D eigenvalue weighted by Gasteiger charge is 2.40. The third-order valence-corrected chi connectivity index (χ3v) is 10.3. The van der Waals surface area contributed by atoms with Crippen LogP contribution in [0.3, 0.4) is 0 Å². The number of fused-ring (bicyclic) bond motifs is 1. The summed E-state index contributed by atoms with van der Waals surface area (Å²) in [5, 5.41) is 1.01. The highest BCUT2D eigenvalue weighted by atomic mass is 32.1. The van der Waals surface area contributed by atoms with Crippen LogP contribution in [0.1, 0.15) is 61.7 Å². The van der Waals surface area contributed by atoms with E-state index in [4.69, 9.17) is 19.2 Å². The van der Waals surface area contributed by atoms with Crippen LogP contribution in [0.2, 0.25) is 0 Å². The summed E-state index contributed by atoms with van der Waals surface area (Å²) < 4.78 is 17.6. The van der Waals surface area contributed by atoms with Crippen molar-refractivity contribution in [1.82, 2.24) is 14.8 Å². The summed E-state index contributed by atoms with van der Waals surface area (Å²) in [5.41, 5.74) is 6.79. The Morgan fingerprint density at radius 1 is 1.05 bits per heavy atom. The van der Waals surface area contributed by atoms with Crippen LogP contribution in [-0.2, 0) is 22.4 Å². The Balaban J connectivity index is 1.12. The molecule has 1 aromatic heterocycles. The highest BCUT2D eigenvalue weighted by molar-refractivity contribution is 7.15. The molecule has 0 saturated carbocycles. The van der Waals surface area contributed by atoms with E-state index >= 15 is 0 Å². The molecule has 0 radical (unpaired) electrons. The van der Waals surface area contributed by atoms with Gasteiger partial charge in [-0.1, -0.05) is 30.3 Å². The lowest BCUT2D eigenvalue weighted by atomic mass is 9.87. The van der Waals surface area contributed by atoms with Gasteiger partial charge in [-0.05, 0) is 88.7 Å². The van der Waals surface area contributed by atoms with Crippen molar-refractivity contribution in [2.24, 2.45) is 5.41 Å². The molecule has 2 fully saturated rings. The van der Waals surface area contributed by atoms with E-state index in [1.165, 1.54) is 47.5 Å². The topological polar surface area (TPSA) is 64.1 Å². The van der Waals surface area contributed by atoms with Gasteiger partial charge < -0.3 is 24.0 Å². The van der Waals surface area contributed by atoms with Crippen LogP contribution in [0.5, 0.6) is 5.75 Å². The lowest BCUT2D eigenvalue weighted by Crippen LogP contribution is -2.39. The zero-order valence-electron chi connectivity index (χ0n) is 26.3. The Labute approximate surface area is 260 Å². The third kappa shape index (κ3) is 6.61. The Hall–Kier alpha value is -2.94. The van der Waals surface area contributed by atoms with E-state index in [1.54, 1.807) is 16.2 Å². The number of likely N-dealkylation sites (tertiary alicyclic amines) is 1. The van der Waals surface area contributed by atoms with E-state index < -0.39 is 5.60 Å². The largest absolute Gasteiger partial charge is 0.493 e. The second-order valence-corrected chi connectivity index (χ2v) is 14.6. The summed E-state index contributed by atoms with van der Waals surface area (Å²) in [7, 11) is 0. The summed E-state index contributed by atoms with van der Waals surface area (Å²) in [6.45, 7) is 17.2. The predicted molar refractivity (Wildman–Crippen MR) is 172 cm³/mol. The molecule has 230 valence electrons. The zero-order valence-corrected chi connectivity index (χ0v) is 27.1. The second-order valence-electron chi connectivity index (χ2n) is 13.5. The number of benzene rings is 2. The van der Waals surface area contributed by atoms with E-state index in [9.17, 15) is 4.79 Å². The lowest BCUT2D eigenvalue weighted by molar-refractivity contribution is 0.0222. The van der Waals surface area contributed by atoms with Crippen LogP contribution >= 0.6 is 11.3 Å². The maximum Gasteiger partial charge on any atom is 0.410 e. The lowest BCUT2D eigenvalue weighted by Gasteiger charge is -2.29. The molecule has 3 aromatic rings. The minimum Gasteiger partial charge on any atom is -0.493 e. The summed E-state index contributed by atoms with van der Waals surface area (Å²) >= 11 is 1.75. The molecule has 0 aliphatic carbocycles. The molecule has 8 heteroatoms. The van der Waals surface area contributed by atoms with Crippen molar-refractivity contribution in [2.45, 2.75) is 72.4 Å². The molecule has 1 atom stereocenters. The van der Waals surface area contributed by atoms with Crippen LogP contribution in [-0.4, -0.2) is 72.5 Å². The summed E-state index contributed by atoms with van der Waals surface area (Å²) in [6, 6.07) is 12.8. The molecule has 3 aliphatic heterocycles. The number of carbonyl (C=O) groups excluding carboxylic acids is 1. The van der Waals surface area contributed by atoms with Gasteiger partial charge >= 0.3 is 6.09 Å². The van der Waals surface area contributed by atoms with Crippen LogP contribution in [0, 0.1) is 19.3 Å². The standard InChI is InChI=1S/C35H45N3O4S/c1-24-26(9-6-11-28(24)32-36-29-21-38(17-13-31(29)43-32)33(39)42-34(3,4)5)27-10-7-12-30(25(27)2)41-19-8-16-37-18-14-35(22-37)15-20-40-23-35/h6-7,9-12H,8,13-23H2,1-5H3. The van der Waals surface area contributed by atoms with Gasteiger partial charge in [0.25, 0.3) is 0 Å². The molecular formula is C35H45N3O4S. The Kier molecular flexibility index (Phi) is 8.55. The smallest absolute Gasteiger partial charge is 0.410 e. The number of ether oxygens (including phenoxy) is 3. The number of rotatable bonds is 7. The average Bonchev–Trinajstić information content (AvgIpc) is 3.71. The number of aromatic nitrogens is 1. The summed E-state index contributed by atoms with van der Waals surface area (Å²) in [4.78, 5) is 23.3. The molecule has 7 nitrogen and oxygen atoms in total. The Morgan fingerprint density at radius 2 is 1.81 bits per heavy atom. The van der Waals surface area contributed by atoms with Gasteiger partial charge in [-0.2, -0.15) is 0 Å². The van der Waals surface area contributed by atoms with Crippen molar-refractivity contribution in [3.63, 3.8) is 0 Å². The molecule has 0 bridgehead atoms. The monoisotopic (exact) mass is 603 g/mol. The van der Waals surface area contributed by atoms with Gasteiger partial charge in [0, 0.05) is 48.5 Å². The van der Waals surface area contributed by atoms with E-state index in [1.807, 2.05) is 20.8 Å². The van der Waals surface area contributed by atoms with Crippen molar-refractivity contribution >= 4 is 17.4 Å². The van der Waals surface area contributed by atoms with Gasteiger partial charge in [0.15, 0.2) is 0 Å². The molecular weight excluding hydrogens is 558 g/mol. The number of hydrogen-bond donors (Lipinski definition) is 0. The molecule has 4 heterocycles. The normalized spacial score (nSPS) is 20.5. The molecule has 43 heavy (non-hydrogen) atoms. The molecule has 3 aliphatic rings. The minimum atomic E-state index is -0.509. The minimum absolute atomic E-state index is 0.271. The fourth-order valence-corrected chi connectivity index (χ4v) is 7.82. The van der Waals surface area contributed by atoms with Gasteiger partial charge in [0.2, 0.25) is 0 Å². The van der Waals surface area contributed by atoms with Crippen molar-refractivity contribution in [3.8, 4) is 27.4 Å². The van der Waals surface area contributed by atoms with E-state index in [2.05, 4.69) is 55.1 Å². The average molecular weight is 604 g/mol. The maximum absolute atomic E-state index is 12.7. The van der Waals surface area contributed by atoms with E-state index in [0.29, 0.717) is 25.1 Å². The van der Waals surface area contributed by atoms with Gasteiger partial charge in [-0.25, -0.2) is 9.78 Å². The number of thiazole rings is 1.